The number of carbonyl (C=O) groups is 2. The zero-order valence-corrected chi connectivity index (χ0v) is 10.2. The highest BCUT2D eigenvalue weighted by molar-refractivity contribution is 5.91. The molecule has 0 fully saturated rings. The van der Waals surface area contributed by atoms with Crippen LogP contribution >= 0.6 is 0 Å². The Hall–Kier alpha value is -2.30. The molecule has 1 amide bonds. The topological polar surface area (TPSA) is 60.3 Å². The summed E-state index contributed by atoms with van der Waals surface area (Å²) in [4.78, 5) is 22.4. The van der Waals surface area contributed by atoms with E-state index in [0.717, 1.165) is 10.9 Å². The first-order chi connectivity index (χ1) is 8.69. The third-order valence-corrected chi connectivity index (χ3v) is 2.86. The van der Waals surface area contributed by atoms with Gasteiger partial charge < -0.3 is 10.1 Å². The van der Waals surface area contributed by atoms with Gasteiger partial charge in [0.2, 0.25) is 6.41 Å². The monoisotopic (exact) mass is 246 g/mol. The molecule has 5 heteroatoms. The van der Waals surface area contributed by atoms with Gasteiger partial charge in [-0.05, 0) is 19.1 Å². The van der Waals surface area contributed by atoms with Crippen LogP contribution in [-0.4, -0.2) is 24.2 Å². The number of hydrogen-bond acceptors (Lipinski definition) is 3. The Morgan fingerprint density at radius 3 is 2.83 bits per heavy atom. The van der Waals surface area contributed by atoms with Crippen molar-refractivity contribution in [1.29, 1.82) is 0 Å². The number of aromatic nitrogens is 1. The highest BCUT2D eigenvalue weighted by atomic mass is 16.5. The van der Waals surface area contributed by atoms with Crippen LogP contribution in [0.15, 0.2) is 30.3 Å². The predicted molar refractivity (Wildman–Crippen MR) is 67.4 cm³/mol. The van der Waals surface area contributed by atoms with Crippen LogP contribution in [-0.2, 0) is 9.53 Å². The average molecular weight is 246 g/mol. The van der Waals surface area contributed by atoms with Gasteiger partial charge in [0.25, 0.3) is 0 Å². The zero-order chi connectivity index (χ0) is 13.1. The molecule has 18 heavy (non-hydrogen) atoms. The third-order valence-electron chi connectivity index (χ3n) is 2.86. The molecule has 0 aliphatic carbocycles. The van der Waals surface area contributed by atoms with Crippen molar-refractivity contribution in [3.8, 4) is 0 Å². The van der Waals surface area contributed by atoms with Crippen LogP contribution in [0, 0.1) is 0 Å². The number of hydrogen-bond donors (Lipinski definition) is 1. The number of carbonyl (C=O) groups excluding carboxylic acids is 2. The molecule has 2 aromatic rings. The lowest BCUT2D eigenvalue weighted by atomic mass is 10.2. The Kier molecular flexibility index (Phi) is 3.32. The molecule has 2 rings (SSSR count). The molecule has 1 N–H and O–H groups in total. The second kappa shape index (κ2) is 4.91. The first-order valence-electron chi connectivity index (χ1n) is 5.57. The fourth-order valence-corrected chi connectivity index (χ4v) is 1.98. The Labute approximate surface area is 104 Å². The van der Waals surface area contributed by atoms with Gasteiger partial charge in [0.1, 0.15) is 0 Å². The third kappa shape index (κ3) is 1.95. The normalized spacial score (nSPS) is 12.1. The summed E-state index contributed by atoms with van der Waals surface area (Å²) in [5, 5.41) is 3.56. The van der Waals surface area contributed by atoms with Crippen molar-refractivity contribution >= 4 is 23.4 Å². The second-order valence-electron chi connectivity index (χ2n) is 3.94. The summed E-state index contributed by atoms with van der Waals surface area (Å²) in [6, 6.07) is 9.09. The summed E-state index contributed by atoms with van der Waals surface area (Å²) < 4.78 is 6.25. The molecular formula is C13H14N2O3. The molecule has 1 aromatic carbocycles. The molecule has 0 aliphatic heterocycles. The highest BCUT2D eigenvalue weighted by Gasteiger charge is 2.18. The van der Waals surface area contributed by atoms with Gasteiger partial charge in [0.05, 0.1) is 24.4 Å². The minimum atomic E-state index is -0.467. The van der Waals surface area contributed by atoms with E-state index in [1.165, 1.54) is 11.7 Å². The lowest BCUT2D eigenvalue weighted by Crippen LogP contribution is -2.23. The Bertz CT molecular complexity index is 589. The van der Waals surface area contributed by atoms with Gasteiger partial charge in [0.15, 0.2) is 0 Å². The van der Waals surface area contributed by atoms with Gasteiger partial charge in [-0.2, -0.15) is 0 Å². The van der Waals surface area contributed by atoms with Crippen LogP contribution < -0.4 is 5.32 Å². The number of fused-ring (bicyclic) bond motifs is 1. The van der Waals surface area contributed by atoms with Crippen molar-refractivity contribution in [2.24, 2.45) is 0 Å². The number of benzene rings is 1. The van der Waals surface area contributed by atoms with Crippen LogP contribution in [0.2, 0.25) is 0 Å². The fourth-order valence-electron chi connectivity index (χ4n) is 1.98. The second-order valence-corrected chi connectivity index (χ2v) is 3.94. The standard InChI is InChI=1S/C13H14N2O3/c1-9(14-8-16)12-7-10-5-3-4-6-11(10)15(12)13(17)18-2/h3-9H,1-2H3,(H,14,16). The molecule has 94 valence electrons. The largest absolute Gasteiger partial charge is 0.452 e. The number of nitrogens with one attached hydrogen (secondary N) is 1. The molecule has 0 aliphatic rings. The molecule has 0 saturated carbocycles. The predicted octanol–water partition coefficient (Wildman–Crippen LogP) is 2.06. The average Bonchev–Trinajstić information content (AvgIpc) is 2.77. The van der Waals surface area contributed by atoms with E-state index in [1.54, 1.807) is 0 Å². The van der Waals surface area contributed by atoms with Crippen LogP contribution in [0.4, 0.5) is 4.79 Å². The summed E-state index contributed by atoms with van der Waals surface area (Å²) in [7, 11) is 1.33. The van der Waals surface area contributed by atoms with Gasteiger partial charge in [-0.25, -0.2) is 9.36 Å². The van der Waals surface area contributed by atoms with Crippen molar-refractivity contribution in [2.75, 3.05) is 7.11 Å². The Balaban J connectivity index is 2.63. The number of methoxy groups -OCH3 is 1. The number of rotatable bonds is 3. The van der Waals surface area contributed by atoms with Crippen molar-refractivity contribution in [1.82, 2.24) is 9.88 Å². The summed E-state index contributed by atoms with van der Waals surface area (Å²) in [6.45, 7) is 1.81. The van der Waals surface area contributed by atoms with Crippen LogP contribution in [0.25, 0.3) is 10.9 Å². The zero-order valence-electron chi connectivity index (χ0n) is 10.2. The van der Waals surface area contributed by atoms with Crippen LogP contribution in [0.5, 0.6) is 0 Å². The van der Waals surface area contributed by atoms with E-state index in [2.05, 4.69) is 5.32 Å². The van der Waals surface area contributed by atoms with Crippen LogP contribution in [0.1, 0.15) is 18.7 Å². The number of ether oxygens (including phenoxy) is 1. The quantitative estimate of drug-likeness (QED) is 0.843. The van der Waals surface area contributed by atoms with E-state index < -0.39 is 6.09 Å². The van der Waals surface area contributed by atoms with Gasteiger partial charge in [0, 0.05) is 5.39 Å². The van der Waals surface area contributed by atoms with E-state index in [4.69, 9.17) is 4.74 Å². The maximum Gasteiger partial charge on any atom is 0.418 e. The van der Waals surface area contributed by atoms with Gasteiger partial charge >= 0.3 is 6.09 Å². The molecule has 0 bridgehead atoms. The summed E-state index contributed by atoms with van der Waals surface area (Å²) in [5.74, 6) is 0. The van der Waals surface area contributed by atoms with Gasteiger partial charge in [-0.15, -0.1) is 0 Å². The van der Waals surface area contributed by atoms with Crippen molar-refractivity contribution in [3.05, 3.63) is 36.0 Å². The van der Waals surface area contributed by atoms with Gasteiger partial charge in [-0.1, -0.05) is 18.2 Å². The lowest BCUT2D eigenvalue weighted by Gasteiger charge is -2.13. The lowest BCUT2D eigenvalue weighted by molar-refractivity contribution is -0.110. The minimum Gasteiger partial charge on any atom is -0.452 e. The van der Waals surface area contributed by atoms with Crippen molar-refractivity contribution in [3.63, 3.8) is 0 Å². The molecule has 0 saturated heterocycles. The summed E-state index contributed by atoms with van der Waals surface area (Å²) in [6.07, 6.45) is 0.148. The van der Waals surface area contributed by atoms with Gasteiger partial charge in [-0.3, -0.25) is 4.79 Å². The molecule has 0 spiro atoms. The van der Waals surface area contributed by atoms with Crippen molar-refractivity contribution in [2.45, 2.75) is 13.0 Å². The van der Waals surface area contributed by atoms with E-state index in [-0.39, 0.29) is 6.04 Å². The van der Waals surface area contributed by atoms with Crippen LogP contribution in [0.3, 0.4) is 0 Å². The molecule has 5 nitrogen and oxygen atoms in total. The number of nitrogens with zero attached hydrogens (tertiary/aromatic N) is 1. The molecule has 1 atom stereocenters. The summed E-state index contributed by atoms with van der Waals surface area (Å²) in [5.41, 5.74) is 1.45. The smallest absolute Gasteiger partial charge is 0.418 e. The number of amides is 1. The molecule has 1 unspecified atom stereocenters. The van der Waals surface area contributed by atoms with E-state index >= 15 is 0 Å². The molecule has 0 radical (unpaired) electrons. The maximum absolute atomic E-state index is 11.8. The van der Waals surface area contributed by atoms with E-state index in [9.17, 15) is 9.59 Å². The minimum absolute atomic E-state index is 0.269. The van der Waals surface area contributed by atoms with E-state index in [0.29, 0.717) is 12.1 Å². The highest BCUT2D eigenvalue weighted by Crippen LogP contribution is 2.24. The first kappa shape index (κ1) is 12.2. The Morgan fingerprint density at radius 1 is 1.44 bits per heavy atom. The molecule has 1 aromatic heterocycles. The maximum atomic E-state index is 11.8. The fraction of sp³-hybridized carbons (Fsp3) is 0.231. The van der Waals surface area contributed by atoms with E-state index in [1.807, 2.05) is 37.3 Å². The van der Waals surface area contributed by atoms with Crippen molar-refractivity contribution < 1.29 is 14.3 Å². The number of para-hydroxylation sites is 1. The SMILES string of the molecule is COC(=O)n1c(C(C)NC=O)cc2ccccc21. The first-order valence-corrected chi connectivity index (χ1v) is 5.57. The summed E-state index contributed by atoms with van der Waals surface area (Å²) >= 11 is 0. The Morgan fingerprint density at radius 2 is 2.17 bits per heavy atom. The molecule has 1 heterocycles. The molecular weight excluding hydrogens is 232 g/mol.